The number of ether oxygens (including phenoxy) is 2. The number of halogens is 2. The minimum atomic E-state index is -0.608. The second-order valence-corrected chi connectivity index (χ2v) is 6.41. The minimum absolute atomic E-state index is 0.0716. The fourth-order valence-corrected chi connectivity index (χ4v) is 3.31. The fourth-order valence-electron chi connectivity index (χ4n) is 3.31. The highest BCUT2D eigenvalue weighted by Gasteiger charge is 2.33. The molecule has 26 heavy (non-hydrogen) atoms. The van der Waals surface area contributed by atoms with Gasteiger partial charge in [0.25, 0.3) is 0 Å². The first kappa shape index (κ1) is 16.8. The number of amides is 1. The van der Waals surface area contributed by atoms with Crippen LogP contribution < -0.4 is 14.4 Å². The van der Waals surface area contributed by atoms with Crippen molar-refractivity contribution >= 4 is 11.6 Å². The summed E-state index contributed by atoms with van der Waals surface area (Å²) in [6.07, 6.45) is 0. The summed E-state index contributed by atoms with van der Waals surface area (Å²) < 4.78 is 37.6. The van der Waals surface area contributed by atoms with Gasteiger partial charge in [-0.15, -0.1) is 0 Å². The molecule has 136 valence electrons. The molecule has 2 heterocycles. The van der Waals surface area contributed by atoms with E-state index in [0.29, 0.717) is 30.2 Å². The number of carbonyl (C=O) groups is 1. The molecular formula is C19H18F2N2O3. The topological polar surface area (TPSA) is 42.0 Å². The molecule has 2 aromatic carbocycles. The summed E-state index contributed by atoms with van der Waals surface area (Å²) in [6, 6.07) is 8.51. The van der Waals surface area contributed by atoms with E-state index in [4.69, 9.17) is 9.47 Å². The van der Waals surface area contributed by atoms with Gasteiger partial charge in [0.05, 0.1) is 6.04 Å². The van der Waals surface area contributed by atoms with Crippen LogP contribution >= 0.6 is 0 Å². The Balaban J connectivity index is 1.50. The molecule has 1 saturated heterocycles. The highest BCUT2D eigenvalue weighted by molar-refractivity contribution is 5.98. The van der Waals surface area contributed by atoms with Crippen molar-refractivity contribution in [2.75, 3.05) is 24.8 Å². The second kappa shape index (κ2) is 6.57. The Morgan fingerprint density at radius 3 is 2.69 bits per heavy atom. The van der Waals surface area contributed by atoms with Gasteiger partial charge in [-0.2, -0.15) is 0 Å². The van der Waals surface area contributed by atoms with Crippen molar-refractivity contribution in [1.29, 1.82) is 0 Å². The van der Waals surface area contributed by atoms with Crippen LogP contribution in [0.15, 0.2) is 36.4 Å². The molecule has 2 aliphatic heterocycles. The highest BCUT2D eigenvalue weighted by atomic mass is 19.1. The molecule has 2 aliphatic rings. The summed E-state index contributed by atoms with van der Waals surface area (Å²) in [5, 5.41) is 0. The molecule has 7 heteroatoms. The van der Waals surface area contributed by atoms with Crippen LogP contribution in [0.2, 0.25) is 0 Å². The predicted octanol–water partition coefficient (Wildman–Crippen LogP) is 2.93. The average Bonchev–Trinajstić information content (AvgIpc) is 3.09. The Kier molecular flexibility index (Phi) is 4.24. The summed E-state index contributed by atoms with van der Waals surface area (Å²) in [5.41, 5.74) is 1.13. The standard InChI is InChI=1S/C19H18F2N2O3/c1-12-19(24)23(15-4-5-17-18(9-15)26-11-25-17)7-6-22(12)10-13-2-3-14(20)8-16(13)21/h2-5,8-9,12H,6-7,10-11H2,1H3. The lowest BCUT2D eigenvalue weighted by Crippen LogP contribution is -2.55. The van der Waals surface area contributed by atoms with Gasteiger partial charge >= 0.3 is 0 Å². The fraction of sp³-hybridized carbons (Fsp3) is 0.316. The van der Waals surface area contributed by atoms with Crippen molar-refractivity contribution in [1.82, 2.24) is 4.90 Å². The van der Waals surface area contributed by atoms with Crippen molar-refractivity contribution in [2.24, 2.45) is 0 Å². The molecule has 0 N–H and O–H groups in total. The van der Waals surface area contributed by atoms with Gasteiger partial charge in [0.2, 0.25) is 12.7 Å². The minimum Gasteiger partial charge on any atom is -0.454 e. The van der Waals surface area contributed by atoms with Gasteiger partial charge in [0.15, 0.2) is 11.5 Å². The summed E-state index contributed by atoms with van der Waals surface area (Å²) in [7, 11) is 0. The van der Waals surface area contributed by atoms with E-state index in [9.17, 15) is 13.6 Å². The Morgan fingerprint density at radius 2 is 1.88 bits per heavy atom. The first-order chi connectivity index (χ1) is 12.5. The number of piperazine rings is 1. The predicted molar refractivity (Wildman–Crippen MR) is 91.1 cm³/mol. The molecular weight excluding hydrogens is 342 g/mol. The van der Waals surface area contributed by atoms with Gasteiger partial charge in [-0.05, 0) is 25.1 Å². The lowest BCUT2D eigenvalue weighted by Gasteiger charge is -2.39. The van der Waals surface area contributed by atoms with Gasteiger partial charge in [0.1, 0.15) is 11.6 Å². The summed E-state index contributed by atoms with van der Waals surface area (Å²) in [6.45, 7) is 3.29. The van der Waals surface area contributed by atoms with E-state index in [1.54, 1.807) is 24.0 Å². The Hall–Kier alpha value is -2.67. The molecule has 0 aliphatic carbocycles. The number of nitrogens with zero attached hydrogens (tertiary/aromatic N) is 2. The van der Waals surface area contributed by atoms with Gasteiger partial charge in [-0.3, -0.25) is 9.69 Å². The zero-order chi connectivity index (χ0) is 18.3. The van der Waals surface area contributed by atoms with Gasteiger partial charge in [0, 0.05) is 43.0 Å². The van der Waals surface area contributed by atoms with Crippen molar-refractivity contribution in [3.8, 4) is 11.5 Å². The smallest absolute Gasteiger partial charge is 0.244 e. The Morgan fingerprint density at radius 1 is 1.08 bits per heavy atom. The van der Waals surface area contributed by atoms with Crippen LogP contribution in [0.4, 0.5) is 14.5 Å². The van der Waals surface area contributed by atoms with Crippen molar-refractivity contribution in [2.45, 2.75) is 19.5 Å². The summed E-state index contributed by atoms with van der Waals surface area (Å²) in [4.78, 5) is 16.4. The Labute approximate surface area is 149 Å². The normalized spacial score (nSPS) is 19.9. The molecule has 1 fully saturated rings. The summed E-state index contributed by atoms with van der Waals surface area (Å²) >= 11 is 0. The molecule has 5 nitrogen and oxygen atoms in total. The number of carbonyl (C=O) groups excluding carboxylic acids is 1. The number of hydrogen-bond acceptors (Lipinski definition) is 4. The van der Waals surface area contributed by atoms with Crippen molar-refractivity contribution in [3.63, 3.8) is 0 Å². The van der Waals surface area contributed by atoms with Gasteiger partial charge in [-0.1, -0.05) is 6.07 Å². The average molecular weight is 360 g/mol. The molecule has 4 rings (SSSR count). The molecule has 0 radical (unpaired) electrons. The third kappa shape index (κ3) is 2.99. The number of fused-ring (bicyclic) bond motifs is 1. The lowest BCUT2D eigenvalue weighted by atomic mass is 10.1. The molecule has 1 amide bonds. The molecule has 1 atom stereocenters. The number of benzene rings is 2. The van der Waals surface area contributed by atoms with Crippen LogP contribution in [0, 0.1) is 11.6 Å². The molecule has 1 unspecified atom stereocenters. The van der Waals surface area contributed by atoms with Crippen LogP contribution in [0.5, 0.6) is 11.5 Å². The molecule has 0 bridgehead atoms. The second-order valence-electron chi connectivity index (χ2n) is 6.41. The van der Waals surface area contributed by atoms with E-state index >= 15 is 0 Å². The third-order valence-electron chi connectivity index (χ3n) is 4.84. The molecule has 0 saturated carbocycles. The van der Waals surface area contributed by atoms with E-state index in [-0.39, 0.29) is 19.2 Å². The largest absolute Gasteiger partial charge is 0.454 e. The summed E-state index contributed by atoms with van der Waals surface area (Å²) in [5.74, 6) is 0.0157. The van der Waals surface area contributed by atoms with E-state index in [1.165, 1.54) is 12.1 Å². The molecule has 2 aromatic rings. The van der Waals surface area contributed by atoms with E-state index in [2.05, 4.69) is 0 Å². The maximum absolute atomic E-state index is 13.9. The van der Waals surface area contributed by atoms with E-state index < -0.39 is 17.7 Å². The van der Waals surface area contributed by atoms with Crippen LogP contribution in [0.1, 0.15) is 12.5 Å². The van der Waals surface area contributed by atoms with Crippen LogP contribution in [0.3, 0.4) is 0 Å². The van der Waals surface area contributed by atoms with E-state index in [0.717, 1.165) is 11.8 Å². The quantitative estimate of drug-likeness (QED) is 0.844. The zero-order valence-corrected chi connectivity index (χ0v) is 14.2. The number of anilines is 1. The first-order valence-corrected chi connectivity index (χ1v) is 8.42. The van der Waals surface area contributed by atoms with Crippen LogP contribution in [-0.4, -0.2) is 36.7 Å². The zero-order valence-electron chi connectivity index (χ0n) is 14.2. The Bertz CT molecular complexity index is 859. The number of rotatable bonds is 3. The van der Waals surface area contributed by atoms with Crippen LogP contribution in [-0.2, 0) is 11.3 Å². The highest BCUT2D eigenvalue weighted by Crippen LogP contribution is 2.36. The van der Waals surface area contributed by atoms with Gasteiger partial charge < -0.3 is 14.4 Å². The van der Waals surface area contributed by atoms with Crippen molar-refractivity contribution in [3.05, 3.63) is 53.6 Å². The lowest BCUT2D eigenvalue weighted by molar-refractivity contribution is -0.125. The first-order valence-electron chi connectivity index (χ1n) is 8.42. The third-order valence-corrected chi connectivity index (χ3v) is 4.84. The number of hydrogen-bond donors (Lipinski definition) is 0. The SMILES string of the molecule is CC1C(=O)N(c2ccc3c(c2)OCO3)CCN1Cc1ccc(F)cc1F. The maximum Gasteiger partial charge on any atom is 0.244 e. The maximum atomic E-state index is 13.9. The monoisotopic (exact) mass is 360 g/mol. The van der Waals surface area contributed by atoms with E-state index in [1.807, 2.05) is 11.0 Å². The van der Waals surface area contributed by atoms with Crippen molar-refractivity contribution < 1.29 is 23.0 Å². The molecule has 0 aromatic heterocycles. The van der Waals surface area contributed by atoms with Crippen LogP contribution in [0.25, 0.3) is 0 Å². The van der Waals surface area contributed by atoms with Gasteiger partial charge in [-0.25, -0.2) is 8.78 Å². The molecule has 0 spiro atoms.